The summed E-state index contributed by atoms with van der Waals surface area (Å²) in [7, 11) is 0. The Morgan fingerprint density at radius 3 is 2.95 bits per heavy atom. The second kappa shape index (κ2) is 5.68. The average Bonchev–Trinajstić information content (AvgIpc) is 2.89. The molecule has 19 heavy (non-hydrogen) atoms. The highest BCUT2D eigenvalue weighted by molar-refractivity contribution is 7.99. The van der Waals surface area contributed by atoms with Gasteiger partial charge >= 0.3 is 0 Å². The van der Waals surface area contributed by atoms with Gasteiger partial charge in [-0.2, -0.15) is 0 Å². The summed E-state index contributed by atoms with van der Waals surface area (Å²) in [6.45, 7) is 0.871. The highest BCUT2D eigenvalue weighted by atomic mass is 32.2. The highest BCUT2D eigenvalue weighted by Gasteiger charge is 2.23. The minimum atomic E-state index is 0.101. The van der Waals surface area contributed by atoms with Crippen molar-refractivity contribution in [2.45, 2.75) is 17.4 Å². The molecule has 2 aromatic rings. The number of para-hydroxylation sites is 1. The van der Waals surface area contributed by atoms with Gasteiger partial charge < -0.3 is 9.84 Å². The average molecular weight is 272 g/mol. The van der Waals surface area contributed by atoms with Crippen LogP contribution >= 0.6 is 11.8 Å². The summed E-state index contributed by atoms with van der Waals surface area (Å²) < 4.78 is 5.69. The monoisotopic (exact) mass is 272 g/mol. The number of thioether (sulfide) groups is 1. The van der Waals surface area contributed by atoms with E-state index in [-0.39, 0.29) is 6.61 Å². The quantitative estimate of drug-likeness (QED) is 0.864. The van der Waals surface area contributed by atoms with Crippen LogP contribution in [-0.2, 0) is 6.61 Å². The molecule has 2 aromatic carbocycles. The van der Waals surface area contributed by atoms with E-state index in [4.69, 9.17) is 9.84 Å². The highest BCUT2D eigenvalue weighted by Crippen LogP contribution is 2.36. The van der Waals surface area contributed by atoms with Gasteiger partial charge in [0.05, 0.1) is 13.2 Å². The van der Waals surface area contributed by atoms with Crippen LogP contribution in [0.15, 0.2) is 53.4 Å². The summed E-state index contributed by atoms with van der Waals surface area (Å²) in [5, 5.41) is 9.14. The van der Waals surface area contributed by atoms with Crippen LogP contribution in [0.25, 0.3) is 0 Å². The second-order valence-electron chi connectivity index (χ2n) is 4.66. The molecule has 0 bridgehead atoms. The number of benzene rings is 2. The van der Waals surface area contributed by atoms with E-state index in [0.717, 1.165) is 23.7 Å². The molecular weight excluding hydrogens is 256 g/mol. The number of aliphatic hydroxyl groups is 1. The fourth-order valence-electron chi connectivity index (χ4n) is 2.30. The van der Waals surface area contributed by atoms with Crippen LogP contribution in [0.3, 0.4) is 0 Å². The van der Waals surface area contributed by atoms with Gasteiger partial charge in [0.1, 0.15) is 5.75 Å². The Labute approximate surface area is 117 Å². The standard InChI is InChI=1S/C16H16O2S/c17-9-12-4-3-5-14(8-12)19-11-13-10-18-16-7-2-1-6-15(13)16/h1-8,13,17H,9-11H2. The zero-order valence-electron chi connectivity index (χ0n) is 10.6. The van der Waals surface area contributed by atoms with Crippen molar-refractivity contribution in [3.63, 3.8) is 0 Å². The van der Waals surface area contributed by atoms with Gasteiger partial charge in [0.15, 0.2) is 0 Å². The minimum absolute atomic E-state index is 0.101. The molecule has 1 unspecified atom stereocenters. The van der Waals surface area contributed by atoms with E-state index in [1.165, 1.54) is 10.5 Å². The number of aliphatic hydroxyl groups excluding tert-OH is 1. The maximum absolute atomic E-state index is 9.14. The van der Waals surface area contributed by atoms with Crippen LogP contribution in [0.2, 0.25) is 0 Å². The molecule has 0 saturated carbocycles. The zero-order chi connectivity index (χ0) is 13.1. The summed E-state index contributed by atoms with van der Waals surface area (Å²) >= 11 is 1.82. The minimum Gasteiger partial charge on any atom is -0.493 e. The second-order valence-corrected chi connectivity index (χ2v) is 5.76. The number of fused-ring (bicyclic) bond motifs is 1. The van der Waals surface area contributed by atoms with Gasteiger partial charge in [0.25, 0.3) is 0 Å². The Morgan fingerprint density at radius 2 is 2.05 bits per heavy atom. The van der Waals surface area contributed by atoms with Gasteiger partial charge in [-0.3, -0.25) is 0 Å². The lowest BCUT2D eigenvalue weighted by Crippen LogP contribution is -2.03. The lowest BCUT2D eigenvalue weighted by atomic mass is 10.0. The van der Waals surface area contributed by atoms with E-state index in [2.05, 4.69) is 18.2 Å². The van der Waals surface area contributed by atoms with Crippen molar-refractivity contribution in [2.24, 2.45) is 0 Å². The smallest absolute Gasteiger partial charge is 0.122 e. The molecule has 0 spiro atoms. The van der Waals surface area contributed by atoms with Crippen LogP contribution in [0, 0.1) is 0 Å². The van der Waals surface area contributed by atoms with E-state index >= 15 is 0 Å². The predicted octanol–water partition coefficient (Wildman–Crippen LogP) is 3.45. The fourth-order valence-corrected chi connectivity index (χ4v) is 3.38. The molecule has 3 rings (SSSR count). The van der Waals surface area contributed by atoms with Crippen molar-refractivity contribution >= 4 is 11.8 Å². The Bertz CT molecular complexity index is 568. The van der Waals surface area contributed by atoms with Gasteiger partial charge in [-0.1, -0.05) is 30.3 Å². The predicted molar refractivity (Wildman–Crippen MR) is 77.8 cm³/mol. The Morgan fingerprint density at radius 1 is 1.16 bits per heavy atom. The fraction of sp³-hybridized carbons (Fsp3) is 0.250. The van der Waals surface area contributed by atoms with Crippen molar-refractivity contribution in [2.75, 3.05) is 12.4 Å². The van der Waals surface area contributed by atoms with Crippen molar-refractivity contribution in [1.82, 2.24) is 0 Å². The Balaban J connectivity index is 1.67. The first-order valence-corrected chi connectivity index (χ1v) is 7.39. The van der Waals surface area contributed by atoms with E-state index in [0.29, 0.717) is 5.92 Å². The van der Waals surface area contributed by atoms with Gasteiger partial charge in [-0.25, -0.2) is 0 Å². The topological polar surface area (TPSA) is 29.5 Å². The van der Waals surface area contributed by atoms with Gasteiger partial charge in [0.2, 0.25) is 0 Å². The molecule has 98 valence electrons. The molecule has 0 aliphatic carbocycles. The van der Waals surface area contributed by atoms with Crippen LogP contribution in [-0.4, -0.2) is 17.5 Å². The van der Waals surface area contributed by atoms with Crippen LogP contribution in [0.5, 0.6) is 5.75 Å². The molecule has 0 fully saturated rings. The molecule has 0 aromatic heterocycles. The summed E-state index contributed by atoms with van der Waals surface area (Å²) in [5.74, 6) is 2.49. The van der Waals surface area contributed by atoms with Gasteiger partial charge in [-0.05, 0) is 23.8 Å². The van der Waals surface area contributed by atoms with Gasteiger partial charge in [0, 0.05) is 22.1 Å². The number of ether oxygens (including phenoxy) is 1. The van der Waals surface area contributed by atoms with Crippen molar-refractivity contribution in [1.29, 1.82) is 0 Å². The lowest BCUT2D eigenvalue weighted by molar-refractivity contribution is 0.281. The normalized spacial score (nSPS) is 17.0. The van der Waals surface area contributed by atoms with Crippen molar-refractivity contribution < 1.29 is 9.84 Å². The summed E-state index contributed by atoms with van der Waals surface area (Å²) in [6, 6.07) is 16.3. The van der Waals surface area contributed by atoms with Crippen LogP contribution in [0.1, 0.15) is 17.0 Å². The third-order valence-electron chi connectivity index (χ3n) is 3.33. The molecule has 1 aliphatic heterocycles. The maximum Gasteiger partial charge on any atom is 0.122 e. The largest absolute Gasteiger partial charge is 0.493 e. The molecule has 1 heterocycles. The third kappa shape index (κ3) is 2.77. The molecule has 0 radical (unpaired) electrons. The molecule has 0 amide bonds. The van der Waals surface area contributed by atoms with Crippen molar-refractivity contribution in [3.8, 4) is 5.75 Å². The molecule has 3 heteroatoms. The maximum atomic E-state index is 9.14. The summed E-state index contributed by atoms with van der Waals surface area (Å²) in [4.78, 5) is 1.20. The summed E-state index contributed by atoms with van der Waals surface area (Å²) in [5.41, 5.74) is 2.28. The van der Waals surface area contributed by atoms with Crippen molar-refractivity contribution in [3.05, 3.63) is 59.7 Å². The van der Waals surface area contributed by atoms with E-state index in [1.807, 2.05) is 42.1 Å². The van der Waals surface area contributed by atoms with E-state index < -0.39 is 0 Å². The van der Waals surface area contributed by atoms with Gasteiger partial charge in [-0.15, -0.1) is 11.8 Å². The van der Waals surface area contributed by atoms with E-state index in [9.17, 15) is 0 Å². The molecule has 1 N–H and O–H groups in total. The summed E-state index contributed by atoms with van der Waals surface area (Å²) in [6.07, 6.45) is 0. The number of rotatable bonds is 4. The first kappa shape index (κ1) is 12.6. The Hall–Kier alpha value is -1.45. The van der Waals surface area contributed by atoms with Crippen LogP contribution in [0.4, 0.5) is 0 Å². The number of hydrogen-bond acceptors (Lipinski definition) is 3. The first-order chi connectivity index (χ1) is 9.36. The molecule has 0 saturated heterocycles. The SMILES string of the molecule is OCc1cccc(SCC2COc3ccccc32)c1. The van der Waals surface area contributed by atoms with E-state index in [1.54, 1.807) is 0 Å². The Kier molecular flexibility index (Phi) is 3.76. The third-order valence-corrected chi connectivity index (χ3v) is 4.49. The molecule has 1 aliphatic rings. The zero-order valence-corrected chi connectivity index (χ0v) is 11.4. The first-order valence-electron chi connectivity index (χ1n) is 6.41. The lowest BCUT2D eigenvalue weighted by Gasteiger charge is -2.09. The molecular formula is C16H16O2S. The molecule has 1 atom stereocenters. The molecule has 2 nitrogen and oxygen atoms in total. The number of hydrogen-bond donors (Lipinski definition) is 1. The van der Waals surface area contributed by atoms with Crippen LogP contribution < -0.4 is 4.74 Å².